The molecule has 6 heteroatoms. The van der Waals surface area contributed by atoms with E-state index in [1.807, 2.05) is 32.0 Å². The zero-order chi connectivity index (χ0) is 16.2. The monoisotopic (exact) mass is 313 g/mol. The van der Waals surface area contributed by atoms with Gasteiger partial charge in [-0.05, 0) is 37.8 Å². The van der Waals surface area contributed by atoms with Crippen LogP contribution >= 0.6 is 0 Å². The predicted octanol–water partition coefficient (Wildman–Crippen LogP) is 2.00. The van der Waals surface area contributed by atoms with E-state index in [-0.39, 0.29) is 12.5 Å². The molecule has 0 spiro atoms. The van der Waals surface area contributed by atoms with Crippen molar-refractivity contribution in [1.29, 1.82) is 0 Å². The fourth-order valence-electron chi connectivity index (χ4n) is 2.74. The Balaban J connectivity index is 1.44. The van der Waals surface area contributed by atoms with E-state index in [1.54, 1.807) is 6.33 Å². The number of nitrogens with zero attached hydrogens (tertiary/aromatic N) is 3. The Hall–Kier alpha value is -2.37. The maximum absolute atomic E-state index is 12.0. The van der Waals surface area contributed by atoms with Crippen LogP contribution in [-0.4, -0.2) is 33.8 Å². The lowest BCUT2D eigenvalue weighted by Gasteiger charge is -2.12. The quantitative estimate of drug-likeness (QED) is 0.820. The first-order valence-electron chi connectivity index (χ1n) is 8.10. The fourth-order valence-corrected chi connectivity index (χ4v) is 2.74. The molecule has 1 aliphatic carbocycles. The average Bonchev–Trinajstić information content (AvgIpc) is 3.26. The molecule has 2 aromatic rings. The van der Waals surface area contributed by atoms with Gasteiger partial charge >= 0.3 is 0 Å². The van der Waals surface area contributed by atoms with Crippen molar-refractivity contribution in [3.8, 4) is 0 Å². The normalized spacial score (nSPS) is 13.8. The Morgan fingerprint density at radius 2 is 2.04 bits per heavy atom. The summed E-state index contributed by atoms with van der Waals surface area (Å²) >= 11 is 0. The van der Waals surface area contributed by atoms with Crippen LogP contribution in [0, 0.1) is 13.8 Å². The molecular weight excluding hydrogens is 290 g/mol. The molecule has 1 aromatic carbocycles. The molecule has 6 nitrogen and oxygen atoms in total. The number of carbonyl (C=O) groups excluding carboxylic acids is 1. The zero-order valence-corrected chi connectivity index (χ0v) is 13.7. The van der Waals surface area contributed by atoms with Crippen LogP contribution in [0.5, 0.6) is 0 Å². The molecule has 122 valence electrons. The first kappa shape index (κ1) is 15.5. The Kier molecular flexibility index (Phi) is 4.60. The summed E-state index contributed by atoms with van der Waals surface area (Å²) in [4.78, 5) is 12.0. The number of carbonyl (C=O) groups is 1. The van der Waals surface area contributed by atoms with Crippen LogP contribution in [0.3, 0.4) is 0 Å². The lowest BCUT2D eigenvalue weighted by Crippen LogP contribution is -2.32. The van der Waals surface area contributed by atoms with Gasteiger partial charge in [-0.3, -0.25) is 4.79 Å². The van der Waals surface area contributed by atoms with Crippen LogP contribution < -0.4 is 10.6 Å². The molecule has 23 heavy (non-hydrogen) atoms. The number of rotatable bonds is 7. The van der Waals surface area contributed by atoms with Gasteiger partial charge in [-0.2, -0.15) is 0 Å². The SMILES string of the molecule is Cc1cccc(C)c1NCC(=O)NCCc1nncn1C1CC1. The number of para-hydroxylation sites is 1. The van der Waals surface area contributed by atoms with Crippen LogP contribution in [0.2, 0.25) is 0 Å². The Morgan fingerprint density at radius 3 is 2.74 bits per heavy atom. The summed E-state index contributed by atoms with van der Waals surface area (Å²) in [5.74, 6) is 0.945. The number of aryl methyl sites for hydroxylation is 2. The summed E-state index contributed by atoms with van der Waals surface area (Å²) in [5, 5.41) is 14.3. The lowest BCUT2D eigenvalue weighted by atomic mass is 10.1. The number of amides is 1. The molecule has 1 fully saturated rings. The van der Waals surface area contributed by atoms with Gasteiger partial charge in [0.1, 0.15) is 12.2 Å². The van der Waals surface area contributed by atoms with Gasteiger partial charge in [0.2, 0.25) is 5.91 Å². The third kappa shape index (κ3) is 3.88. The lowest BCUT2D eigenvalue weighted by molar-refractivity contribution is -0.119. The highest BCUT2D eigenvalue weighted by Gasteiger charge is 2.25. The maximum atomic E-state index is 12.0. The minimum absolute atomic E-state index is 0.00913. The minimum Gasteiger partial charge on any atom is -0.376 e. The molecule has 1 aromatic heterocycles. The predicted molar refractivity (Wildman–Crippen MR) is 89.4 cm³/mol. The van der Waals surface area contributed by atoms with Crippen molar-refractivity contribution in [3.63, 3.8) is 0 Å². The fraction of sp³-hybridized carbons (Fsp3) is 0.471. The molecule has 0 atom stereocenters. The Morgan fingerprint density at radius 1 is 1.30 bits per heavy atom. The number of aromatic nitrogens is 3. The van der Waals surface area contributed by atoms with E-state index in [2.05, 4.69) is 25.4 Å². The zero-order valence-electron chi connectivity index (χ0n) is 13.7. The van der Waals surface area contributed by atoms with Gasteiger partial charge in [-0.1, -0.05) is 18.2 Å². The summed E-state index contributed by atoms with van der Waals surface area (Å²) in [5.41, 5.74) is 3.33. The number of hydrogen-bond donors (Lipinski definition) is 2. The largest absolute Gasteiger partial charge is 0.376 e. The highest BCUT2D eigenvalue weighted by Crippen LogP contribution is 2.35. The maximum Gasteiger partial charge on any atom is 0.239 e. The van der Waals surface area contributed by atoms with Crippen LogP contribution in [-0.2, 0) is 11.2 Å². The second-order valence-electron chi connectivity index (χ2n) is 6.11. The molecule has 1 heterocycles. The van der Waals surface area contributed by atoms with Crippen LogP contribution in [0.25, 0.3) is 0 Å². The molecule has 0 aliphatic heterocycles. The topological polar surface area (TPSA) is 71.8 Å². The van der Waals surface area contributed by atoms with Crippen LogP contribution in [0.4, 0.5) is 5.69 Å². The summed E-state index contributed by atoms with van der Waals surface area (Å²) in [6, 6.07) is 6.67. The standard InChI is InChI=1S/C17H23N5O/c1-12-4-3-5-13(2)17(12)19-10-16(23)18-9-8-15-21-20-11-22(15)14-6-7-14/h3-5,11,14,19H,6-10H2,1-2H3,(H,18,23). The highest BCUT2D eigenvalue weighted by molar-refractivity contribution is 5.81. The minimum atomic E-state index is -0.00913. The van der Waals surface area contributed by atoms with Crippen molar-refractivity contribution < 1.29 is 4.79 Å². The van der Waals surface area contributed by atoms with E-state index in [9.17, 15) is 4.79 Å². The van der Waals surface area contributed by atoms with E-state index in [0.717, 1.165) is 22.6 Å². The first-order valence-corrected chi connectivity index (χ1v) is 8.10. The van der Waals surface area contributed by atoms with Crippen molar-refractivity contribution in [2.75, 3.05) is 18.4 Å². The van der Waals surface area contributed by atoms with Crippen molar-refractivity contribution >= 4 is 11.6 Å². The number of benzene rings is 1. The molecule has 1 saturated carbocycles. The van der Waals surface area contributed by atoms with Gasteiger partial charge in [-0.25, -0.2) is 0 Å². The van der Waals surface area contributed by atoms with Crippen molar-refractivity contribution in [2.24, 2.45) is 0 Å². The van der Waals surface area contributed by atoms with Gasteiger partial charge in [0, 0.05) is 24.7 Å². The molecule has 3 rings (SSSR count). The first-order chi connectivity index (χ1) is 11.1. The van der Waals surface area contributed by atoms with Gasteiger partial charge < -0.3 is 15.2 Å². The van der Waals surface area contributed by atoms with Crippen LogP contribution in [0.1, 0.15) is 35.8 Å². The molecule has 0 unspecified atom stereocenters. The molecular formula is C17H23N5O. The van der Waals surface area contributed by atoms with E-state index in [4.69, 9.17) is 0 Å². The smallest absolute Gasteiger partial charge is 0.239 e. The highest BCUT2D eigenvalue weighted by atomic mass is 16.1. The summed E-state index contributed by atoms with van der Waals surface area (Å²) in [6.07, 6.45) is 4.91. The molecule has 1 aliphatic rings. The molecule has 0 saturated heterocycles. The van der Waals surface area contributed by atoms with Gasteiger partial charge in [0.05, 0.1) is 6.54 Å². The third-order valence-corrected chi connectivity index (χ3v) is 4.17. The van der Waals surface area contributed by atoms with Crippen molar-refractivity contribution in [3.05, 3.63) is 41.5 Å². The molecule has 1 amide bonds. The van der Waals surface area contributed by atoms with Gasteiger partial charge in [-0.15, -0.1) is 10.2 Å². The van der Waals surface area contributed by atoms with Gasteiger partial charge in [0.15, 0.2) is 0 Å². The number of anilines is 1. The molecule has 0 bridgehead atoms. The second kappa shape index (κ2) is 6.81. The van der Waals surface area contributed by atoms with E-state index in [1.165, 1.54) is 12.8 Å². The van der Waals surface area contributed by atoms with Gasteiger partial charge in [0.25, 0.3) is 0 Å². The Bertz CT molecular complexity index is 670. The third-order valence-electron chi connectivity index (χ3n) is 4.17. The van der Waals surface area contributed by atoms with E-state index >= 15 is 0 Å². The van der Waals surface area contributed by atoms with E-state index in [0.29, 0.717) is 19.0 Å². The summed E-state index contributed by atoms with van der Waals surface area (Å²) < 4.78 is 2.13. The van der Waals surface area contributed by atoms with Crippen molar-refractivity contribution in [1.82, 2.24) is 20.1 Å². The second-order valence-corrected chi connectivity index (χ2v) is 6.11. The molecule has 0 radical (unpaired) electrons. The van der Waals surface area contributed by atoms with Crippen LogP contribution in [0.15, 0.2) is 24.5 Å². The van der Waals surface area contributed by atoms with E-state index < -0.39 is 0 Å². The number of nitrogens with one attached hydrogen (secondary N) is 2. The average molecular weight is 313 g/mol. The summed E-state index contributed by atoms with van der Waals surface area (Å²) in [7, 11) is 0. The van der Waals surface area contributed by atoms with Crippen molar-refractivity contribution in [2.45, 2.75) is 39.2 Å². The molecule has 2 N–H and O–H groups in total. The number of hydrogen-bond acceptors (Lipinski definition) is 4. The summed E-state index contributed by atoms with van der Waals surface area (Å²) in [6.45, 7) is 4.94. The Labute approximate surface area is 136 Å².